The van der Waals surface area contributed by atoms with Gasteiger partial charge in [0.1, 0.15) is 5.82 Å². The molecule has 0 amide bonds. The van der Waals surface area contributed by atoms with Crippen molar-refractivity contribution in [2.45, 2.75) is 19.1 Å². The molecule has 0 aromatic heterocycles. The number of carboxylic acid groups (broad SMARTS) is 2. The van der Waals surface area contributed by atoms with Crippen molar-refractivity contribution in [2.24, 2.45) is 4.99 Å². The molecule has 0 radical (unpaired) electrons. The van der Waals surface area contributed by atoms with E-state index >= 15 is 0 Å². The minimum atomic E-state index is -5.08. The smallest absolute Gasteiger partial charge is 0.478 e. The van der Waals surface area contributed by atoms with Crippen LogP contribution in [0.3, 0.4) is 0 Å². The first-order valence-corrected chi connectivity index (χ1v) is 12.7. The number of piperazine rings is 1. The fourth-order valence-corrected chi connectivity index (χ4v) is 3.96. The number of nitrogens with zero attached hydrogens (tertiary/aromatic N) is 3. The molecule has 218 valence electrons. The number of rotatable bonds is 7. The molecule has 4 rings (SSSR count). The Hall–Kier alpha value is -4.45. The Morgan fingerprint density at radius 2 is 1.44 bits per heavy atom. The summed E-state index contributed by atoms with van der Waals surface area (Å²) >= 11 is 0. The molecule has 1 aliphatic heterocycles. The third kappa shape index (κ3) is 10.2. The van der Waals surface area contributed by atoms with E-state index in [-0.39, 0.29) is 11.4 Å². The highest BCUT2D eigenvalue weighted by molar-refractivity contribution is 5.94. The van der Waals surface area contributed by atoms with Crippen molar-refractivity contribution in [3.8, 4) is 0 Å². The maximum absolute atomic E-state index is 14.0. The number of benzene rings is 3. The second-order valence-electron chi connectivity index (χ2n) is 9.11. The normalized spacial score (nSPS) is 14.1. The molecule has 1 fully saturated rings. The van der Waals surface area contributed by atoms with Crippen LogP contribution in [0.2, 0.25) is 0 Å². The standard InChI is InChI=1S/C27H29FN4O2.C2HF3O2/c28-25-9-5-4-8-23(25)20-31-16-18-32(19-17-31)27(29-15-14-21-6-2-1-3-7-21)30-24-12-10-22(11-13-24)26(33)34;3-2(4,5)1(6)7/h1-13H,14-20H2,(H,29,30)(H,33,34);(H,6,7). The van der Waals surface area contributed by atoms with Crippen molar-refractivity contribution >= 4 is 23.6 Å². The van der Waals surface area contributed by atoms with Crippen LogP contribution in [0.25, 0.3) is 0 Å². The lowest BCUT2D eigenvalue weighted by Crippen LogP contribution is -2.50. The molecule has 12 heteroatoms. The molecule has 1 saturated heterocycles. The van der Waals surface area contributed by atoms with Gasteiger partial charge in [0.15, 0.2) is 5.96 Å². The second-order valence-corrected chi connectivity index (χ2v) is 9.11. The van der Waals surface area contributed by atoms with Crippen LogP contribution in [-0.4, -0.2) is 76.8 Å². The van der Waals surface area contributed by atoms with Crippen LogP contribution in [0.15, 0.2) is 83.9 Å². The molecule has 0 aliphatic carbocycles. The third-order valence-electron chi connectivity index (χ3n) is 6.16. The van der Waals surface area contributed by atoms with E-state index in [1.807, 2.05) is 30.3 Å². The van der Waals surface area contributed by atoms with Gasteiger partial charge in [-0.05, 0) is 42.3 Å². The highest BCUT2D eigenvalue weighted by atomic mass is 19.4. The van der Waals surface area contributed by atoms with Crippen LogP contribution in [0.1, 0.15) is 21.5 Å². The predicted molar refractivity (Wildman–Crippen MR) is 146 cm³/mol. The number of carbonyl (C=O) groups is 2. The summed E-state index contributed by atoms with van der Waals surface area (Å²) in [5, 5.41) is 19.7. The summed E-state index contributed by atoms with van der Waals surface area (Å²) in [5.74, 6) is -3.11. The molecule has 0 bridgehead atoms. The van der Waals surface area contributed by atoms with Gasteiger partial charge in [-0.25, -0.2) is 14.0 Å². The lowest BCUT2D eigenvalue weighted by Gasteiger charge is -2.36. The van der Waals surface area contributed by atoms with E-state index in [2.05, 4.69) is 27.2 Å². The number of nitrogens with one attached hydrogen (secondary N) is 1. The number of alkyl halides is 3. The van der Waals surface area contributed by atoms with E-state index in [4.69, 9.17) is 20.0 Å². The lowest BCUT2D eigenvalue weighted by molar-refractivity contribution is -0.192. The fraction of sp³-hybridized carbons (Fsp3) is 0.276. The molecule has 41 heavy (non-hydrogen) atoms. The summed E-state index contributed by atoms with van der Waals surface area (Å²) in [7, 11) is 0. The Kier molecular flexibility index (Phi) is 11.2. The van der Waals surface area contributed by atoms with Crippen molar-refractivity contribution in [3.05, 3.63) is 101 Å². The number of aromatic carboxylic acids is 1. The number of aliphatic imine (C=N–C) groups is 1. The summed E-state index contributed by atoms with van der Waals surface area (Å²) in [6.07, 6.45) is -4.25. The minimum Gasteiger partial charge on any atom is -0.478 e. The second kappa shape index (κ2) is 14.8. The van der Waals surface area contributed by atoms with E-state index in [0.29, 0.717) is 18.7 Å². The number of guanidine groups is 1. The maximum Gasteiger partial charge on any atom is 0.490 e. The first-order valence-electron chi connectivity index (χ1n) is 12.7. The van der Waals surface area contributed by atoms with Gasteiger partial charge in [-0.3, -0.25) is 9.89 Å². The van der Waals surface area contributed by atoms with Crippen molar-refractivity contribution in [1.29, 1.82) is 0 Å². The zero-order chi connectivity index (χ0) is 29.8. The Morgan fingerprint density at radius 1 is 0.854 bits per heavy atom. The average Bonchev–Trinajstić information content (AvgIpc) is 2.95. The van der Waals surface area contributed by atoms with Gasteiger partial charge in [0.2, 0.25) is 0 Å². The van der Waals surface area contributed by atoms with Crippen LogP contribution in [0.5, 0.6) is 0 Å². The molecule has 3 aromatic rings. The van der Waals surface area contributed by atoms with E-state index in [0.717, 1.165) is 44.2 Å². The van der Waals surface area contributed by atoms with Gasteiger partial charge >= 0.3 is 18.1 Å². The van der Waals surface area contributed by atoms with E-state index < -0.39 is 18.1 Å². The topological polar surface area (TPSA) is 105 Å². The van der Waals surface area contributed by atoms with E-state index in [1.165, 1.54) is 11.6 Å². The molecular weight excluding hydrogens is 544 g/mol. The number of anilines is 1. The van der Waals surface area contributed by atoms with Gasteiger partial charge in [0.05, 0.1) is 5.56 Å². The van der Waals surface area contributed by atoms with Crippen LogP contribution >= 0.6 is 0 Å². The summed E-state index contributed by atoms with van der Waals surface area (Å²) in [4.78, 5) is 29.4. The van der Waals surface area contributed by atoms with E-state index in [1.54, 1.807) is 30.3 Å². The Balaban J connectivity index is 0.000000587. The van der Waals surface area contributed by atoms with Gasteiger partial charge in [0, 0.05) is 50.5 Å². The first-order chi connectivity index (χ1) is 19.5. The fourth-order valence-electron chi connectivity index (χ4n) is 3.96. The number of aliphatic carboxylic acids is 1. The molecular formula is C29H30F4N4O4. The zero-order valence-corrected chi connectivity index (χ0v) is 22.0. The maximum atomic E-state index is 14.0. The monoisotopic (exact) mass is 574 g/mol. The Bertz CT molecular complexity index is 1310. The van der Waals surface area contributed by atoms with Gasteiger partial charge in [0.25, 0.3) is 0 Å². The van der Waals surface area contributed by atoms with Crippen molar-refractivity contribution in [2.75, 3.05) is 38.0 Å². The molecule has 3 N–H and O–H groups in total. The number of hydrogen-bond donors (Lipinski definition) is 3. The first kappa shape index (κ1) is 31.1. The molecule has 3 aromatic carbocycles. The summed E-state index contributed by atoms with van der Waals surface area (Å²) in [6, 6.07) is 23.8. The molecule has 0 unspecified atom stereocenters. The van der Waals surface area contributed by atoms with Crippen LogP contribution in [0.4, 0.5) is 23.2 Å². The quantitative estimate of drug-likeness (QED) is 0.208. The van der Waals surface area contributed by atoms with Crippen molar-refractivity contribution in [1.82, 2.24) is 9.80 Å². The molecule has 0 spiro atoms. The van der Waals surface area contributed by atoms with Crippen molar-refractivity contribution in [3.63, 3.8) is 0 Å². The largest absolute Gasteiger partial charge is 0.490 e. The third-order valence-corrected chi connectivity index (χ3v) is 6.16. The zero-order valence-electron chi connectivity index (χ0n) is 22.0. The highest BCUT2D eigenvalue weighted by Gasteiger charge is 2.38. The van der Waals surface area contributed by atoms with E-state index in [9.17, 15) is 22.4 Å². The van der Waals surface area contributed by atoms with Crippen LogP contribution < -0.4 is 5.32 Å². The molecule has 1 aliphatic rings. The summed E-state index contributed by atoms with van der Waals surface area (Å²) < 4.78 is 45.8. The average molecular weight is 575 g/mol. The van der Waals surface area contributed by atoms with Gasteiger partial charge in [-0.2, -0.15) is 13.2 Å². The SMILES string of the molecule is O=C(O)C(F)(F)F.O=C(O)c1ccc(NC(=NCCc2ccccc2)N2CCN(Cc3ccccc3F)CC2)cc1. The highest BCUT2D eigenvalue weighted by Crippen LogP contribution is 2.15. The predicted octanol–water partition coefficient (Wildman–Crippen LogP) is 4.99. The Morgan fingerprint density at radius 3 is 2.00 bits per heavy atom. The van der Waals surface area contributed by atoms with Gasteiger partial charge in [-0.1, -0.05) is 48.5 Å². The summed E-state index contributed by atoms with van der Waals surface area (Å²) in [5.41, 5.74) is 2.97. The summed E-state index contributed by atoms with van der Waals surface area (Å²) in [6.45, 7) is 4.34. The van der Waals surface area contributed by atoms with Crippen molar-refractivity contribution < 1.29 is 37.4 Å². The van der Waals surface area contributed by atoms with Gasteiger partial charge in [-0.15, -0.1) is 0 Å². The lowest BCUT2D eigenvalue weighted by atomic mass is 10.1. The number of carboxylic acids is 2. The minimum absolute atomic E-state index is 0.167. The number of halogens is 4. The Labute approximate surface area is 234 Å². The molecule has 0 atom stereocenters. The number of hydrogen-bond acceptors (Lipinski definition) is 4. The van der Waals surface area contributed by atoms with Gasteiger partial charge < -0.3 is 20.4 Å². The molecule has 0 saturated carbocycles. The van der Waals surface area contributed by atoms with Crippen LogP contribution in [0, 0.1) is 5.82 Å². The molecule has 8 nitrogen and oxygen atoms in total. The van der Waals surface area contributed by atoms with Crippen LogP contribution in [-0.2, 0) is 17.8 Å². The molecule has 1 heterocycles.